The SMILES string of the molecule is Cc1ccc2c(c1)CCc1cccnc1C2N1CCN(C(=O)C(c2ccccc2)c2ccccc2)CC1. The Morgan fingerprint density at radius 3 is 2.11 bits per heavy atom. The molecule has 186 valence electrons. The highest BCUT2D eigenvalue weighted by Gasteiger charge is 2.35. The summed E-state index contributed by atoms with van der Waals surface area (Å²) in [5.41, 5.74) is 8.72. The molecular formula is C33H33N3O. The third-order valence-electron chi connectivity index (χ3n) is 7.95. The molecular weight excluding hydrogens is 454 g/mol. The second-order valence-corrected chi connectivity index (χ2v) is 10.3. The summed E-state index contributed by atoms with van der Waals surface area (Å²) in [6, 6.07) is 31.7. The van der Waals surface area contributed by atoms with Crippen molar-refractivity contribution in [2.24, 2.45) is 0 Å². The fourth-order valence-electron chi connectivity index (χ4n) is 6.06. The molecule has 3 aromatic carbocycles. The van der Waals surface area contributed by atoms with E-state index in [0.29, 0.717) is 0 Å². The monoisotopic (exact) mass is 487 g/mol. The average molecular weight is 488 g/mol. The Morgan fingerprint density at radius 1 is 0.784 bits per heavy atom. The molecule has 37 heavy (non-hydrogen) atoms. The number of aromatic nitrogens is 1. The van der Waals surface area contributed by atoms with E-state index < -0.39 is 0 Å². The minimum Gasteiger partial charge on any atom is -0.339 e. The highest BCUT2D eigenvalue weighted by atomic mass is 16.2. The zero-order valence-electron chi connectivity index (χ0n) is 21.4. The number of pyridine rings is 1. The summed E-state index contributed by atoms with van der Waals surface area (Å²) in [5.74, 6) is -0.0922. The van der Waals surface area contributed by atoms with Crippen LogP contribution in [0.1, 0.15) is 51.0 Å². The first-order chi connectivity index (χ1) is 18.2. The number of rotatable bonds is 4. The highest BCUT2D eigenvalue weighted by Crippen LogP contribution is 2.37. The third kappa shape index (κ3) is 4.70. The Hall–Kier alpha value is -3.76. The molecule has 1 unspecified atom stereocenters. The highest BCUT2D eigenvalue weighted by molar-refractivity contribution is 5.87. The van der Waals surface area contributed by atoms with E-state index in [4.69, 9.17) is 4.98 Å². The van der Waals surface area contributed by atoms with Gasteiger partial charge in [0, 0.05) is 32.4 Å². The Labute approximate surface area is 219 Å². The minimum atomic E-state index is -0.280. The van der Waals surface area contributed by atoms with E-state index in [1.807, 2.05) is 42.6 Å². The molecule has 1 atom stereocenters. The van der Waals surface area contributed by atoms with Crippen LogP contribution in [0.4, 0.5) is 0 Å². The van der Waals surface area contributed by atoms with E-state index in [1.165, 1.54) is 27.9 Å². The Bertz CT molecular complexity index is 1340. The Balaban J connectivity index is 1.27. The predicted octanol–water partition coefficient (Wildman–Crippen LogP) is 5.55. The smallest absolute Gasteiger partial charge is 0.234 e. The molecule has 1 fully saturated rings. The van der Waals surface area contributed by atoms with Gasteiger partial charge in [-0.1, -0.05) is 90.5 Å². The van der Waals surface area contributed by atoms with Crippen molar-refractivity contribution in [2.45, 2.75) is 31.7 Å². The van der Waals surface area contributed by atoms with Gasteiger partial charge in [-0.25, -0.2) is 0 Å². The van der Waals surface area contributed by atoms with Gasteiger partial charge in [-0.15, -0.1) is 0 Å². The van der Waals surface area contributed by atoms with Crippen LogP contribution in [0.15, 0.2) is 97.2 Å². The molecule has 1 amide bonds. The van der Waals surface area contributed by atoms with Gasteiger partial charge in [-0.3, -0.25) is 14.7 Å². The molecule has 4 heteroatoms. The first-order valence-corrected chi connectivity index (χ1v) is 13.3. The molecule has 0 radical (unpaired) electrons. The van der Waals surface area contributed by atoms with E-state index in [9.17, 15) is 4.79 Å². The van der Waals surface area contributed by atoms with Crippen molar-refractivity contribution in [3.8, 4) is 0 Å². The van der Waals surface area contributed by atoms with Gasteiger partial charge in [0.15, 0.2) is 0 Å². The third-order valence-corrected chi connectivity index (χ3v) is 7.95. The van der Waals surface area contributed by atoms with E-state index in [1.54, 1.807) is 0 Å². The van der Waals surface area contributed by atoms with Crippen LogP contribution in [0.5, 0.6) is 0 Å². The van der Waals surface area contributed by atoms with Crippen LogP contribution in [0.25, 0.3) is 0 Å². The molecule has 1 aliphatic carbocycles. The van der Waals surface area contributed by atoms with E-state index >= 15 is 0 Å². The first-order valence-electron chi connectivity index (χ1n) is 13.3. The van der Waals surface area contributed by atoms with Gasteiger partial charge in [0.25, 0.3) is 0 Å². The van der Waals surface area contributed by atoms with Crippen LogP contribution in [0, 0.1) is 6.92 Å². The Morgan fingerprint density at radius 2 is 1.43 bits per heavy atom. The van der Waals surface area contributed by atoms with Crippen LogP contribution >= 0.6 is 0 Å². The lowest BCUT2D eigenvalue weighted by molar-refractivity contribution is -0.133. The number of carbonyl (C=O) groups is 1. The molecule has 0 saturated carbocycles. The number of fused-ring (bicyclic) bond motifs is 2. The number of benzene rings is 3. The van der Waals surface area contributed by atoms with Crippen LogP contribution in [-0.4, -0.2) is 46.9 Å². The summed E-state index contributed by atoms with van der Waals surface area (Å²) in [5, 5.41) is 0. The van der Waals surface area contributed by atoms with Crippen molar-refractivity contribution in [2.75, 3.05) is 26.2 Å². The summed E-state index contributed by atoms with van der Waals surface area (Å²) in [6.07, 6.45) is 3.99. The molecule has 0 N–H and O–H groups in total. The number of carbonyl (C=O) groups excluding carboxylic acids is 1. The van der Waals surface area contributed by atoms with Crippen LogP contribution in [0.2, 0.25) is 0 Å². The fraction of sp³-hybridized carbons (Fsp3) is 0.273. The quantitative estimate of drug-likeness (QED) is 0.378. The lowest BCUT2D eigenvalue weighted by Gasteiger charge is -2.40. The topological polar surface area (TPSA) is 36.4 Å². The molecule has 1 aliphatic heterocycles. The zero-order valence-corrected chi connectivity index (χ0v) is 21.4. The van der Waals surface area contributed by atoms with Crippen molar-refractivity contribution >= 4 is 5.91 Å². The maximum absolute atomic E-state index is 14.0. The number of aryl methyl sites for hydroxylation is 3. The van der Waals surface area contributed by atoms with E-state index in [-0.39, 0.29) is 17.9 Å². The molecule has 2 heterocycles. The van der Waals surface area contributed by atoms with Gasteiger partial charge in [-0.05, 0) is 53.6 Å². The lowest BCUT2D eigenvalue weighted by atomic mass is 9.89. The molecule has 0 bridgehead atoms. The number of hydrogen-bond acceptors (Lipinski definition) is 3. The predicted molar refractivity (Wildman–Crippen MR) is 148 cm³/mol. The average Bonchev–Trinajstić information content (AvgIpc) is 3.11. The number of hydrogen-bond donors (Lipinski definition) is 0. The number of nitrogens with zero attached hydrogens (tertiary/aromatic N) is 3. The van der Waals surface area contributed by atoms with Gasteiger partial charge in [0.05, 0.1) is 17.7 Å². The molecule has 2 aliphatic rings. The van der Waals surface area contributed by atoms with Gasteiger partial charge < -0.3 is 4.90 Å². The van der Waals surface area contributed by atoms with Crippen molar-refractivity contribution in [3.63, 3.8) is 0 Å². The van der Waals surface area contributed by atoms with E-state index in [2.05, 4.69) is 71.3 Å². The van der Waals surface area contributed by atoms with Crippen LogP contribution < -0.4 is 0 Å². The van der Waals surface area contributed by atoms with Crippen LogP contribution in [0.3, 0.4) is 0 Å². The molecule has 0 spiro atoms. The summed E-state index contributed by atoms with van der Waals surface area (Å²) in [6.45, 7) is 5.27. The van der Waals surface area contributed by atoms with Gasteiger partial charge in [0.1, 0.15) is 0 Å². The van der Waals surface area contributed by atoms with Crippen molar-refractivity contribution < 1.29 is 4.79 Å². The van der Waals surface area contributed by atoms with Crippen molar-refractivity contribution in [3.05, 3.63) is 136 Å². The fourth-order valence-corrected chi connectivity index (χ4v) is 6.06. The first kappa shape index (κ1) is 23.6. The number of amides is 1. The largest absolute Gasteiger partial charge is 0.339 e. The van der Waals surface area contributed by atoms with Crippen LogP contribution in [-0.2, 0) is 17.6 Å². The summed E-state index contributed by atoms with van der Waals surface area (Å²) in [4.78, 5) is 23.5. The van der Waals surface area contributed by atoms with E-state index in [0.717, 1.165) is 50.1 Å². The normalized spacial score (nSPS) is 17.7. The number of piperazine rings is 1. The lowest BCUT2D eigenvalue weighted by Crippen LogP contribution is -2.51. The second-order valence-electron chi connectivity index (χ2n) is 10.3. The Kier molecular flexibility index (Phi) is 6.58. The molecule has 4 nitrogen and oxygen atoms in total. The zero-order chi connectivity index (χ0) is 25.2. The second kappa shape index (κ2) is 10.3. The summed E-state index contributed by atoms with van der Waals surface area (Å²) in [7, 11) is 0. The van der Waals surface area contributed by atoms with Gasteiger partial charge >= 0.3 is 0 Å². The molecule has 6 rings (SSSR count). The van der Waals surface area contributed by atoms with Crippen molar-refractivity contribution in [1.82, 2.24) is 14.8 Å². The maximum Gasteiger partial charge on any atom is 0.234 e. The van der Waals surface area contributed by atoms with Gasteiger partial charge in [0.2, 0.25) is 5.91 Å². The molecule has 1 aromatic heterocycles. The standard InChI is InChI=1S/C33H33N3O/c1-24-14-17-29-28(23-24)16-15-27-13-8-18-34-31(27)32(29)35-19-21-36(22-20-35)33(37)30(25-9-4-2-5-10-25)26-11-6-3-7-12-26/h2-14,17-18,23,30,32H,15-16,19-22H2,1H3. The maximum atomic E-state index is 14.0. The minimum absolute atomic E-state index is 0.130. The van der Waals surface area contributed by atoms with Crippen molar-refractivity contribution in [1.29, 1.82) is 0 Å². The summed E-state index contributed by atoms with van der Waals surface area (Å²) >= 11 is 0. The molecule has 4 aromatic rings. The molecule has 1 saturated heterocycles. The van der Waals surface area contributed by atoms with Gasteiger partial charge in [-0.2, -0.15) is 0 Å². The summed E-state index contributed by atoms with van der Waals surface area (Å²) < 4.78 is 0.